The predicted octanol–water partition coefficient (Wildman–Crippen LogP) is -2.43. The maximum absolute atomic E-state index is 9.28. The van der Waals surface area contributed by atoms with E-state index in [0.717, 1.165) is 17.6 Å². The van der Waals surface area contributed by atoms with Gasteiger partial charge in [-0.25, -0.2) is 0 Å². The maximum atomic E-state index is 9.28. The van der Waals surface area contributed by atoms with Crippen LogP contribution >= 0.6 is 0 Å². The van der Waals surface area contributed by atoms with Gasteiger partial charge in [0.1, 0.15) is 0 Å². The monoisotopic (exact) mass is 209 g/mol. The van der Waals surface area contributed by atoms with Crippen LogP contribution in [0.4, 0.5) is 0 Å². The molecular formula is C7H16BrNO. The maximum Gasteiger partial charge on any atom is 0.187 e. The average Bonchev–Trinajstić information content (AvgIpc) is 2.16. The van der Waals surface area contributed by atoms with Crippen molar-refractivity contribution in [3.63, 3.8) is 0 Å². The number of aliphatic hydroxyl groups is 1. The highest BCUT2D eigenvalue weighted by atomic mass is 79.9. The second kappa shape index (κ2) is 3.69. The summed E-state index contributed by atoms with van der Waals surface area (Å²) in [4.78, 5) is 0. The van der Waals surface area contributed by atoms with Crippen molar-refractivity contribution in [3.05, 3.63) is 0 Å². The van der Waals surface area contributed by atoms with Crippen molar-refractivity contribution in [2.75, 3.05) is 20.1 Å². The minimum absolute atomic E-state index is 0. The zero-order valence-electron chi connectivity index (χ0n) is 6.68. The van der Waals surface area contributed by atoms with Crippen LogP contribution in [0.25, 0.3) is 0 Å². The van der Waals surface area contributed by atoms with E-state index >= 15 is 0 Å². The van der Waals surface area contributed by atoms with Gasteiger partial charge < -0.3 is 26.6 Å². The number of aliphatic hydroxyl groups excluding tert-OH is 1. The number of halogens is 1. The first-order chi connectivity index (χ1) is 4.15. The molecular weight excluding hydrogens is 194 g/mol. The molecule has 0 bridgehead atoms. The van der Waals surface area contributed by atoms with Gasteiger partial charge >= 0.3 is 0 Å². The van der Waals surface area contributed by atoms with Crippen molar-refractivity contribution >= 4 is 0 Å². The molecule has 1 unspecified atom stereocenters. The summed E-state index contributed by atoms with van der Waals surface area (Å²) in [5.41, 5.74) is 0. The van der Waals surface area contributed by atoms with Crippen molar-refractivity contribution in [2.45, 2.75) is 26.0 Å². The van der Waals surface area contributed by atoms with Gasteiger partial charge in [0, 0.05) is 19.8 Å². The number of likely N-dealkylation sites (tertiary alicyclic amines) is 1. The first kappa shape index (κ1) is 10.4. The molecule has 1 atom stereocenters. The van der Waals surface area contributed by atoms with E-state index in [1.54, 1.807) is 0 Å². The number of hydrogen-bond donors (Lipinski definition) is 1. The second-order valence-electron chi connectivity index (χ2n) is 3.27. The van der Waals surface area contributed by atoms with E-state index in [0.29, 0.717) is 0 Å². The van der Waals surface area contributed by atoms with Crippen molar-refractivity contribution in [2.24, 2.45) is 0 Å². The fraction of sp³-hybridized carbons (Fsp3) is 1.00. The predicted molar refractivity (Wildman–Crippen MR) is 36.8 cm³/mol. The smallest absolute Gasteiger partial charge is 0.187 e. The van der Waals surface area contributed by atoms with E-state index in [4.69, 9.17) is 0 Å². The van der Waals surface area contributed by atoms with Crippen LogP contribution in [0.2, 0.25) is 0 Å². The number of quaternary nitrogens is 1. The third kappa shape index (κ3) is 1.94. The molecule has 10 heavy (non-hydrogen) atoms. The Balaban J connectivity index is 0.000000810. The van der Waals surface area contributed by atoms with Crippen molar-refractivity contribution in [3.8, 4) is 0 Å². The van der Waals surface area contributed by atoms with Gasteiger partial charge in [-0.15, -0.1) is 0 Å². The Morgan fingerprint density at radius 1 is 1.30 bits per heavy atom. The Kier molecular flexibility index (Phi) is 3.84. The molecule has 1 aliphatic heterocycles. The standard InChI is InChI=1S/C7H16NO.BrH/c1-7(9)8(2)5-3-4-6-8;/h7,9H,3-6H2,1-2H3;1H/q+1;/p-1. The Labute approximate surface area is 73.2 Å². The van der Waals surface area contributed by atoms with Crippen LogP contribution in [0.1, 0.15) is 19.8 Å². The molecule has 0 aromatic carbocycles. The summed E-state index contributed by atoms with van der Waals surface area (Å²) in [5.74, 6) is 0. The van der Waals surface area contributed by atoms with Gasteiger partial charge in [0.15, 0.2) is 6.23 Å². The lowest BCUT2D eigenvalue weighted by Gasteiger charge is -2.31. The summed E-state index contributed by atoms with van der Waals surface area (Å²) in [6.45, 7) is 4.18. The Morgan fingerprint density at radius 2 is 1.70 bits per heavy atom. The molecule has 0 amide bonds. The number of hydrogen-bond acceptors (Lipinski definition) is 1. The highest BCUT2D eigenvalue weighted by Gasteiger charge is 2.30. The fourth-order valence-electron chi connectivity index (χ4n) is 1.43. The SMILES string of the molecule is CC(O)[N+]1(C)CCCC1.[Br-]. The second-order valence-corrected chi connectivity index (χ2v) is 3.27. The molecule has 0 aliphatic carbocycles. The fourth-order valence-corrected chi connectivity index (χ4v) is 1.43. The molecule has 0 spiro atoms. The third-order valence-corrected chi connectivity index (χ3v) is 2.49. The van der Waals surface area contributed by atoms with Crippen LogP contribution in [0.3, 0.4) is 0 Å². The van der Waals surface area contributed by atoms with Crippen LogP contribution in [-0.4, -0.2) is 36.0 Å². The summed E-state index contributed by atoms with van der Waals surface area (Å²) < 4.78 is 0.861. The van der Waals surface area contributed by atoms with Gasteiger partial charge in [-0.1, -0.05) is 0 Å². The molecule has 1 fully saturated rings. The van der Waals surface area contributed by atoms with Gasteiger partial charge in [-0.2, -0.15) is 0 Å². The van der Waals surface area contributed by atoms with Crippen LogP contribution in [0, 0.1) is 0 Å². The molecule has 1 heterocycles. The highest BCUT2D eigenvalue weighted by molar-refractivity contribution is 4.51. The molecule has 3 heteroatoms. The van der Waals surface area contributed by atoms with E-state index in [9.17, 15) is 5.11 Å². The topological polar surface area (TPSA) is 20.2 Å². The summed E-state index contributed by atoms with van der Waals surface area (Å²) in [5, 5.41) is 9.28. The van der Waals surface area contributed by atoms with E-state index < -0.39 is 0 Å². The van der Waals surface area contributed by atoms with E-state index in [2.05, 4.69) is 7.05 Å². The quantitative estimate of drug-likeness (QED) is 0.477. The molecule has 0 aromatic rings. The number of rotatable bonds is 1. The first-order valence-corrected chi connectivity index (χ1v) is 3.67. The zero-order valence-corrected chi connectivity index (χ0v) is 8.26. The Bertz CT molecular complexity index is 99.8. The number of nitrogens with zero attached hydrogens (tertiary/aromatic N) is 1. The normalized spacial score (nSPS) is 25.5. The summed E-state index contributed by atoms with van der Waals surface area (Å²) >= 11 is 0. The average molecular weight is 210 g/mol. The molecule has 1 rings (SSSR count). The van der Waals surface area contributed by atoms with Crippen LogP contribution < -0.4 is 17.0 Å². The van der Waals surface area contributed by atoms with Gasteiger partial charge in [-0.05, 0) is 0 Å². The summed E-state index contributed by atoms with van der Waals surface area (Å²) in [6, 6.07) is 0. The van der Waals surface area contributed by atoms with E-state index in [1.165, 1.54) is 12.8 Å². The lowest BCUT2D eigenvalue weighted by Crippen LogP contribution is -3.00. The molecule has 0 saturated carbocycles. The van der Waals surface area contributed by atoms with Crippen molar-refractivity contribution in [1.29, 1.82) is 0 Å². The van der Waals surface area contributed by atoms with Gasteiger partial charge in [-0.3, -0.25) is 0 Å². The minimum atomic E-state index is -0.174. The van der Waals surface area contributed by atoms with Crippen molar-refractivity contribution < 1.29 is 26.6 Å². The Hall–Kier alpha value is 0.400. The molecule has 1 aliphatic rings. The first-order valence-electron chi connectivity index (χ1n) is 3.67. The molecule has 0 radical (unpaired) electrons. The van der Waals surface area contributed by atoms with Crippen LogP contribution in [0.5, 0.6) is 0 Å². The molecule has 1 saturated heterocycles. The van der Waals surface area contributed by atoms with E-state index in [-0.39, 0.29) is 23.2 Å². The third-order valence-electron chi connectivity index (χ3n) is 2.49. The Morgan fingerprint density at radius 3 is 1.90 bits per heavy atom. The lowest BCUT2D eigenvalue weighted by molar-refractivity contribution is -0.941. The van der Waals surface area contributed by atoms with Crippen LogP contribution in [-0.2, 0) is 0 Å². The van der Waals surface area contributed by atoms with E-state index in [1.807, 2.05) is 6.92 Å². The molecule has 0 aromatic heterocycles. The van der Waals surface area contributed by atoms with Crippen LogP contribution in [0.15, 0.2) is 0 Å². The molecule has 2 nitrogen and oxygen atoms in total. The molecule has 62 valence electrons. The summed E-state index contributed by atoms with van der Waals surface area (Å²) in [7, 11) is 2.12. The zero-order chi connectivity index (χ0) is 6.91. The summed E-state index contributed by atoms with van der Waals surface area (Å²) in [6.07, 6.45) is 2.38. The lowest BCUT2D eigenvalue weighted by atomic mass is 10.4. The highest BCUT2D eigenvalue weighted by Crippen LogP contribution is 2.18. The van der Waals surface area contributed by atoms with Crippen molar-refractivity contribution in [1.82, 2.24) is 0 Å². The van der Waals surface area contributed by atoms with Gasteiger partial charge in [0.25, 0.3) is 0 Å². The minimum Gasteiger partial charge on any atom is -1.00 e. The van der Waals surface area contributed by atoms with Gasteiger partial charge in [0.2, 0.25) is 0 Å². The largest absolute Gasteiger partial charge is 1.00 e. The van der Waals surface area contributed by atoms with Gasteiger partial charge in [0.05, 0.1) is 20.1 Å². The molecule has 1 N–H and O–H groups in total.